The lowest BCUT2D eigenvalue weighted by Gasteiger charge is -2.23. The van der Waals surface area contributed by atoms with Gasteiger partial charge in [-0.05, 0) is 44.5 Å². The molecule has 3 N–H and O–H groups in total. The third kappa shape index (κ3) is 6.49. The van der Waals surface area contributed by atoms with Crippen LogP contribution < -0.4 is 21.0 Å². The molecule has 38 heavy (non-hydrogen) atoms. The molecule has 200 valence electrons. The maximum atomic E-state index is 13.4. The van der Waals surface area contributed by atoms with Crippen molar-refractivity contribution in [1.29, 1.82) is 0 Å². The summed E-state index contributed by atoms with van der Waals surface area (Å²) in [6.45, 7) is 5.49. The minimum atomic E-state index is -0.972. The van der Waals surface area contributed by atoms with Gasteiger partial charge in [0.25, 0.3) is 0 Å². The van der Waals surface area contributed by atoms with Gasteiger partial charge in [0.15, 0.2) is 0 Å². The zero-order valence-electron chi connectivity index (χ0n) is 21.0. The Morgan fingerprint density at radius 2 is 1.89 bits per heavy atom. The third-order valence-corrected chi connectivity index (χ3v) is 6.21. The molecule has 0 saturated heterocycles. The number of anilines is 1. The summed E-state index contributed by atoms with van der Waals surface area (Å²) in [5, 5.41) is 7.67. The molecule has 0 spiro atoms. The SMILES string of the molecule is CC(C)(C)OC(=O)N[C@@H](Cc1c[nH]c2ccccc12)C(=O)Nc1ccc2c(Cl)c(OCCBr)oc(=O)c2c1. The summed E-state index contributed by atoms with van der Waals surface area (Å²) >= 11 is 9.61. The van der Waals surface area contributed by atoms with Crippen LogP contribution >= 0.6 is 27.5 Å². The van der Waals surface area contributed by atoms with Gasteiger partial charge in [0.1, 0.15) is 23.3 Å². The number of H-pyrrole nitrogens is 1. The van der Waals surface area contributed by atoms with E-state index in [1.165, 1.54) is 6.07 Å². The minimum Gasteiger partial charge on any atom is -0.463 e. The molecule has 0 bridgehead atoms. The van der Waals surface area contributed by atoms with Gasteiger partial charge in [-0.3, -0.25) is 4.79 Å². The Bertz CT molecular complexity index is 1540. The average molecular weight is 605 g/mol. The molecule has 0 fully saturated rings. The van der Waals surface area contributed by atoms with Crippen LogP contribution in [-0.2, 0) is 16.0 Å². The Labute approximate surface area is 231 Å². The Kier molecular flexibility index (Phi) is 8.32. The number of carbonyl (C=O) groups is 2. The van der Waals surface area contributed by atoms with Crippen molar-refractivity contribution in [3.63, 3.8) is 0 Å². The molecule has 0 saturated carbocycles. The van der Waals surface area contributed by atoms with Crippen LogP contribution in [0, 0.1) is 0 Å². The number of halogens is 2. The Morgan fingerprint density at radius 1 is 1.13 bits per heavy atom. The smallest absolute Gasteiger partial charge is 0.408 e. The minimum absolute atomic E-state index is 0.0687. The van der Waals surface area contributed by atoms with Crippen LogP contribution in [0.4, 0.5) is 10.5 Å². The highest BCUT2D eigenvalue weighted by Crippen LogP contribution is 2.32. The molecule has 0 aliphatic heterocycles. The van der Waals surface area contributed by atoms with Crippen LogP contribution in [0.5, 0.6) is 5.95 Å². The summed E-state index contributed by atoms with van der Waals surface area (Å²) in [7, 11) is 0. The maximum Gasteiger partial charge on any atom is 0.408 e. The van der Waals surface area contributed by atoms with E-state index in [9.17, 15) is 14.4 Å². The van der Waals surface area contributed by atoms with E-state index >= 15 is 0 Å². The summed E-state index contributed by atoms with van der Waals surface area (Å²) in [5.41, 5.74) is 0.687. The van der Waals surface area contributed by atoms with Crippen molar-refractivity contribution < 1.29 is 23.5 Å². The van der Waals surface area contributed by atoms with E-state index in [4.69, 9.17) is 25.5 Å². The van der Waals surface area contributed by atoms with Gasteiger partial charge in [0, 0.05) is 39.9 Å². The number of fused-ring (bicyclic) bond motifs is 2. The Balaban J connectivity index is 1.61. The Morgan fingerprint density at radius 3 is 2.63 bits per heavy atom. The highest BCUT2D eigenvalue weighted by atomic mass is 79.9. The van der Waals surface area contributed by atoms with Gasteiger partial charge in [-0.25, -0.2) is 9.59 Å². The maximum absolute atomic E-state index is 13.4. The summed E-state index contributed by atoms with van der Waals surface area (Å²) < 4.78 is 16.0. The van der Waals surface area contributed by atoms with E-state index in [1.807, 2.05) is 24.3 Å². The monoisotopic (exact) mass is 603 g/mol. The van der Waals surface area contributed by atoms with Crippen LogP contribution in [0.3, 0.4) is 0 Å². The molecule has 9 nitrogen and oxygen atoms in total. The normalized spacial score (nSPS) is 12.3. The fourth-order valence-electron chi connectivity index (χ4n) is 3.91. The molecule has 2 heterocycles. The number of amides is 2. The van der Waals surface area contributed by atoms with Crippen molar-refractivity contribution in [3.05, 3.63) is 69.7 Å². The predicted molar refractivity (Wildman–Crippen MR) is 151 cm³/mol. The number of alkyl halides is 1. The number of aromatic amines is 1. The number of aromatic nitrogens is 1. The summed E-state index contributed by atoms with van der Waals surface area (Å²) in [5.74, 6) is -0.561. The molecular formula is C27H27BrClN3O6. The molecule has 0 aliphatic carbocycles. The predicted octanol–water partition coefficient (Wildman–Crippen LogP) is 5.78. The number of benzene rings is 2. The van der Waals surface area contributed by atoms with E-state index < -0.39 is 29.3 Å². The number of carbonyl (C=O) groups excluding carboxylic acids is 2. The van der Waals surface area contributed by atoms with Crippen LogP contribution in [0.1, 0.15) is 26.3 Å². The van der Waals surface area contributed by atoms with E-state index in [0.717, 1.165) is 16.5 Å². The van der Waals surface area contributed by atoms with Gasteiger partial charge < -0.3 is 29.5 Å². The average Bonchev–Trinajstić information content (AvgIpc) is 3.26. The second-order valence-electron chi connectivity index (χ2n) is 9.54. The van der Waals surface area contributed by atoms with E-state index in [0.29, 0.717) is 16.4 Å². The lowest BCUT2D eigenvalue weighted by Crippen LogP contribution is -2.47. The van der Waals surface area contributed by atoms with Crippen LogP contribution in [0.15, 0.2) is 57.9 Å². The molecule has 2 aromatic carbocycles. The van der Waals surface area contributed by atoms with Gasteiger partial charge in [0.05, 0.1) is 5.39 Å². The number of para-hydroxylation sites is 1. The quantitative estimate of drug-likeness (QED) is 0.219. The van der Waals surface area contributed by atoms with Gasteiger partial charge in [-0.15, -0.1) is 0 Å². The molecular weight excluding hydrogens is 578 g/mol. The van der Waals surface area contributed by atoms with Crippen LogP contribution in [0.25, 0.3) is 21.7 Å². The van der Waals surface area contributed by atoms with Crippen molar-refractivity contribution in [1.82, 2.24) is 10.3 Å². The lowest BCUT2D eigenvalue weighted by molar-refractivity contribution is -0.118. The lowest BCUT2D eigenvalue weighted by atomic mass is 10.0. The van der Waals surface area contributed by atoms with Crippen molar-refractivity contribution in [2.45, 2.75) is 38.8 Å². The second-order valence-corrected chi connectivity index (χ2v) is 10.7. The number of hydrogen-bond acceptors (Lipinski definition) is 6. The summed E-state index contributed by atoms with van der Waals surface area (Å²) in [6, 6.07) is 11.4. The van der Waals surface area contributed by atoms with Crippen molar-refractivity contribution in [2.24, 2.45) is 0 Å². The standard InChI is InChI=1S/C27H27BrClN3O6/c1-27(2,3)38-26(35)32-21(12-15-14-30-20-7-5-4-6-17(15)20)23(33)31-16-8-9-18-19(13-16)24(34)37-25(22(18)29)36-11-10-28/h4-9,13-14,21,30H,10-12H2,1-3H3,(H,31,33)(H,32,35)/t21-/m0/s1. The number of alkyl carbamates (subject to hydrolysis) is 1. The molecule has 0 aliphatic rings. The fourth-order valence-corrected chi connectivity index (χ4v) is 4.33. The van der Waals surface area contributed by atoms with Gasteiger partial charge in [-0.2, -0.15) is 0 Å². The molecule has 2 aromatic heterocycles. The topological polar surface area (TPSA) is 123 Å². The van der Waals surface area contributed by atoms with Crippen molar-refractivity contribution in [2.75, 3.05) is 17.3 Å². The van der Waals surface area contributed by atoms with Gasteiger partial charge in [0.2, 0.25) is 5.91 Å². The first-order valence-corrected chi connectivity index (χ1v) is 13.4. The number of hydrogen-bond donors (Lipinski definition) is 3. The molecule has 11 heteroatoms. The zero-order valence-corrected chi connectivity index (χ0v) is 23.4. The largest absolute Gasteiger partial charge is 0.463 e. The number of ether oxygens (including phenoxy) is 2. The summed E-state index contributed by atoms with van der Waals surface area (Å²) in [4.78, 5) is 41.7. The molecule has 0 unspecified atom stereocenters. The number of nitrogens with one attached hydrogen (secondary N) is 3. The third-order valence-electron chi connectivity index (χ3n) is 5.52. The van der Waals surface area contributed by atoms with E-state index in [1.54, 1.807) is 39.1 Å². The van der Waals surface area contributed by atoms with Gasteiger partial charge >= 0.3 is 17.7 Å². The van der Waals surface area contributed by atoms with E-state index in [2.05, 4.69) is 31.5 Å². The van der Waals surface area contributed by atoms with Crippen molar-refractivity contribution in [3.8, 4) is 5.95 Å². The van der Waals surface area contributed by atoms with Gasteiger partial charge in [-0.1, -0.05) is 51.8 Å². The molecule has 2 amide bonds. The Hall–Kier alpha value is -3.50. The molecule has 1 atom stereocenters. The highest BCUT2D eigenvalue weighted by molar-refractivity contribution is 9.09. The first-order chi connectivity index (χ1) is 18.1. The van der Waals surface area contributed by atoms with E-state index in [-0.39, 0.29) is 29.4 Å². The fraction of sp³-hybridized carbons (Fsp3) is 0.296. The highest BCUT2D eigenvalue weighted by Gasteiger charge is 2.26. The number of rotatable bonds is 8. The first-order valence-electron chi connectivity index (χ1n) is 11.9. The van der Waals surface area contributed by atoms with Crippen LogP contribution in [-0.4, -0.2) is 40.6 Å². The summed E-state index contributed by atoms with van der Waals surface area (Å²) in [6.07, 6.45) is 1.28. The zero-order chi connectivity index (χ0) is 27.4. The van der Waals surface area contributed by atoms with Crippen molar-refractivity contribution >= 4 is 66.9 Å². The molecule has 4 rings (SSSR count). The first kappa shape index (κ1) is 27.5. The molecule has 4 aromatic rings. The van der Waals surface area contributed by atoms with Crippen LogP contribution in [0.2, 0.25) is 5.02 Å². The second kappa shape index (κ2) is 11.5. The molecule has 0 radical (unpaired) electrons.